The molecule has 4 rings (SSSR count). The summed E-state index contributed by atoms with van der Waals surface area (Å²) in [6.45, 7) is 4.61. The molecule has 0 saturated heterocycles. The number of methoxy groups -OCH3 is 2. The molecular formula is C36H38Cl2FN3O6S. The summed E-state index contributed by atoms with van der Waals surface area (Å²) in [5, 5.41) is 3.52. The van der Waals surface area contributed by atoms with Crippen LogP contribution in [0.3, 0.4) is 0 Å². The minimum atomic E-state index is -4.48. The van der Waals surface area contributed by atoms with Crippen LogP contribution in [0.1, 0.15) is 31.9 Å². The van der Waals surface area contributed by atoms with Crippen molar-refractivity contribution in [2.45, 2.75) is 50.2 Å². The van der Waals surface area contributed by atoms with Gasteiger partial charge in [0, 0.05) is 24.6 Å². The summed E-state index contributed by atoms with van der Waals surface area (Å²) < 4.78 is 54.2. The van der Waals surface area contributed by atoms with Gasteiger partial charge >= 0.3 is 0 Å². The summed E-state index contributed by atoms with van der Waals surface area (Å²) in [4.78, 5) is 29.8. The Hall–Kier alpha value is -4.32. The smallest absolute Gasteiger partial charge is 0.264 e. The van der Waals surface area contributed by atoms with E-state index >= 15 is 0 Å². The van der Waals surface area contributed by atoms with E-state index in [4.69, 9.17) is 32.7 Å². The van der Waals surface area contributed by atoms with Gasteiger partial charge < -0.3 is 19.7 Å². The number of halogens is 3. The lowest BCUT2D eigenvalue weighted by Crippen LogP contribution is -2.56. The monoisotopic (exact) mass is 729 g/mol. The molecule has 1 atom stereocenters. The molecule has 49 heavy (non-hydrogen) atoms. The zero-order valence-corrected chi connectivity index (χ0v) is 30.1. The third-order valence-corrected chi connectivity index (χ3v) is 9.95. The van der Waals surface area contributed by atoms with Gasteiger partial charge in [0.25, 0.3) is 10.0 Å². The second-order valence-corrected chi connectivity index (χ2v) is 14.9. The predicted molar refractivity (Wildman–Crippen MR) is 189 cm³/mol. The first-order valence-electron chi connectivity index (χ1n) is 15.2. The van der Waals surface area contributed by atoms with Crippen molar-refractivity contribution in [3.63, 3.8) is 0 Å². The van der Waals surface area contributed by atoms with Crippen molar-refractivity contribution in [2.75, 3.05) is 25.1 Å². The number of anilines is 1. The molecule has 0 heterocycles. The van der Waals surface area contributed by atoms with Gasteiger partial charge in [0.2, 0.25) is 11.8 Å². The molecule has 0 bridgehead atoms. The van der Waals surface area contributed by atoms with Gasteiger partial charge in [-0.25, -0.2) is 12.8 Å². The molecule has 1 unspecified atom stereocenters. The molecule has 0 aliphatic carbocycles. The fraction of sp³-hybridized carbons (Fsp3) is 0.278. The minimum Gasteiger partial charge on any atom is -0.493 e. The number of ether oxygens (including phenoxy) is 2. The summed E-state index contributed by atoms with van der Waals surface area (Å²) in [5.41, 5.74) is 0.705. The number of hydrogen-bond donors (Lipinski definition) is 1. The topological polar surface area (TPSA) is 105 Å². The molecule has 2 amide bonds. The lowest BCUT2D eigenvalue weighted by molar-refractivity contribution is -0.140. The van der Waals surface area contributed by atoms with Crippen LogP contribution in [-0.2, 0) is 32.6 Å². The highest BCUT2D eigenvalue weighted by Crippen LogP contribution is 2.33. The van der Waals surface area contributed by atoms with Gasteiger partial charge in [0.15, 0.2) is 11.5 Å². The lowest BCUT2D eigenvalue weighted by atomic mass is 10.0. The van der Waals surface area contributed by atoms with Crippen LogP contribution in [0.5, 0.6) is 11.5 Å². The highest BCUT2D eigenvalue weighted by atomic mass is 35.5. The quantitative estimate of drug-likeness (QED) is 0.161. The minimum absolute atomic E-state index is 0.0257. The van der Waals surface area contributed by atoms with Crippen LogP contribution >= 0.6 is 23.2 Å². The summed E-state index contributed by atoms with van der Waals surface area (Å²) >= 11 is 12.5. The van der Waals surface area contributed by atoms with E-state index in [1.165, 1.54) is 49.5 Å². The highest BCUT2D eigenvalue weighted by molar-refractivity contribution is 7.92. The maximum atomic E-state index is 14.6. The first kappa shape index (κ1) is 37.5. The van der Waals surface area contributed by atoms with Gasteiger partial charge in [-0.2, -0.15) is 0 Å². The zero-order chi connectivity index (χ0) is 35.9. The number of carbonyl (C=O) groups is 2. The second kappa shape index (κ2) is 15.9. The summed E-state index contributed by atoms with van der Waals surface area (Å²) in [6, 6.07) is 21.7. The molecule has 4 aromatic rings. The molecule has 0 radical (unpaired) electrons. The fourth-order valence-corrected chi connectivity index (χ4v) is 6.83. The zero-order valence-electron chi connectivity index (χ0n) is 27.7. The van der Waals surface area contributed by atoms with E-state index < -0.39 is 45.8 Å². The fourth-order valence-electron chi connectivity index (χ4n) is 5.08. The van der Waals surface area contributed by atoms with Crippen LogP contribution < -0.4 is 19.1 Å². The van der Waals surface area contributed by atoms with E-state index in [0.29, 0.717) is 16.3 Å². The van der Waals surface area contributed by atoms with Crippen molar-refractivity contribution in [3.05, 3.63) is 118 Å². The predicted octanol–water partition coefficient (Wildman–Crippen LogP) is 6.90. The van der Waals surface area contributed by atoms with Crippen LogP contribution in [0.25, 0.3) is 0 Å². The van der Waals surface area contributed by atoms with E-state index in [1.54, 1.807) is 18.2 Å². The van der Waals surface area contributed by atoms with Gasteiger partial charge in [-0.3, -0.25) is 13.9 Å². The van der Waals surface area contributed by atoms with Crippen LogP contribution in [0.2, 0.25) is 10.0 Å². The number of benzene rings is 4. The maximum Gasteiger partial charge on any atom is 0.264 e. The largest absolute Gasteiger partial charge is 0.493 e. The highest BCUT2D eigenvalue weighted by Gasteiger charge is 2.36. The Morgan fingerprint density at radius 1 is 0.837 bits per heavy atom. The van der Waals surface area contributed by atoms with E-state index in [0.717, 1.165) is 22.0 Å². The Kier molecular flexibility index (Phi) is 12.2. The first-order chi connectivity index (χ1) is 23.1. The Morgan fingerprint density at radius 2 is 1.49 bits per heavy atom. The molecule has 0 fully saturated rings. The summed E-state index contributed by atoms with van der Waals surface area (Å²) in [5.74, 6) is -1.30. The molecule has 0 spiro atoms. The molecule has 1 N–H and O–H groups in total. The number of amides is 2. The SMILES string of the molecule is COc1ccc(S(=O)(=O)N(CC(=O)N(Cc2ccc(Cl)c(Cl)c2)C(Cc2ccccc2)C(=O)NC(C)(C)C)c2ccc(F)cc2)cc1OC. The number of rotatable bonds is 13. The van der Waals surface area contributed by atoms with Crippen molar-refractivity contribution in [1.82, 2.24) is 10.2 Å². The van der Waals surface area contributed by atoms with E-state index in [9.17, 15) is 22.4 Å². The van der Waals surface area contributed by atoms with Crippen LogP contribution in [0.4, 0.5) is 10.1 Å². The van der Waals surface area contributed by atoms with E-state index in [1.807, 2.05) is 51.1 Å². The lowest BCUT2D eigenvalue weighted by Gasteiger charge is -2.35. The van der Waals surface area contributed by atoms with Gasteiger partial charge in [-0.05, 0) is 80.4 Å². The maximum absolute atomic E-state index is 14.6. The molecule has 0 aliphatic rings. The normalized spacial score (nSPS) is 12.2. The molecule has 0 saturated carbocycles. The van der Waals surface area contributed by atoms with Crippen molar-refractivity contribution in [2.24, 2.45) is 0 Å². The third-order valence-electron chi connectivity index (χ3n) is 7.44. The third kappa shape index (κ3) is 9.65. The van der Waals surface area contributed by atoms with E-state index in [2.05, 4.69) is 5.32 Å². The molecule has 4 aromatic carbocycles. The Labute approximate surface area is 296 Å². The molecule has 0 aliphatic heterocycles. The number of nitrogens with zero attached hydrogens (tertiary/aromatic N) is 2. The van der Waals surface area contributed by atoms with Crippen LogP contribution in [0, 0.1) is 5.82 Å². The second-order valence-electron chi connectivity index (χ2n) is 12.2. The summed E-state index contributed by atoms with van der Waals surface area (Å²) in [6.07, 6.45) is 0.120. The van der Waals surface area contributed by atoms with Crippen LogP contribution in [0.15, 0.2) is 95.9 Å². The van der Waals surface area contributed by atoms with Gasteiger partial charge in [0.1, 0.15) is 18.4 Å². The molecule has 9 nitrogen and oxygen atoms in total. The van der Waals surface area contributed by atoms with Gasteiger partial charge in [-0.15, -0.1) is 0 Å². The van der Waals surface area contributed by atoms with E-state index in [-0.39, 0.29) is 34.3 Å². The van der Waals surface area contributed by atoms with Crippen molar-refractivity contribution < 1.29 is 31.9 Å². The Bertz CT molecular complexity index is 1890. The number of sulfonamides is 1. The molecule has 13 heteroatoms. The number of carbonyl (C=O) groups excluding carboxylic acids is 2. The Morgan fingerprint density at radius 3 is 2.08 bits per heavy atom. The number of hydrogen-bond acceptors (Lipinski definition) is 6. The number of nitrogens with one attached hydrogen (secondary N) is 1. The Balaban J connectivity index is 1.85. The average molecular weight is 731 g/mol. The van der Waals surface area contributed by atoms with Crippen molar-refractivity contribution >= 4 is 50.7 Å². The summed E-state index contributed by atoms with van der Waals surface area (Å²) in [7, 11) is -1.70. The average Bonchev–Trinajstić information content (AvgIpc) is 3.06. The van der Waals surface area contributed by atoms with Crippen molar-refractivity contribution in [1.29, 1.82) is 0 Å². The first-order valence-corrected chi connectivity index (χ1v) is 17.4. The molecule has 260 valence electrons. The van der Waals surface area contributed by atoms with Gasteiger partial charge in [0.05, 0.1) is 34.8 Å². The molecular weight excluding hydrogens is 692 g/mol. The van der Waals surface area contributed by atoms with Crippen LogP contribution in [-0.4, -0.2) is 57.5 Å². The van der Waals surface area contributed by atoms with Gasteiger partial charge in [-0.1, -0.05) is 59.6 Å². The van der Waals surface area contributed by atoms with Crippen molar-refractivity contribution in [3.8, 4) is 11.5 Å². The molecule has 0 aromatic heterocycles. The standard InChI is InChI=1S/C36H38Cl2FN3O6S/c1-36(2,3)40-35(44)31(20-24-9-7-6-8-10-24)41(22-25-11-17-29(37)30(38)19-25)34(43)23-42(27-14-12-26(39)13-15-27)49(45,46)28-16-18-32(47-4)33(21-28)48-5/h6-19,21,31H,20,22-23H2,1-5H3,(H,40,44).